The van der Waals surface area contributed by atoms with Crippen molar-refractivity contribution in [2.45, 2.75) is 32.7 Å². The number of aryl methyl sites for hydroxylation is 1. The van der Waals surface area contributed by atoms with Crippen molar-refractivity contribution < 1.29 is 23.0 Å². The molecule has 1 N–H and O–H groups in total. The summed E-state index contributed by atoms with van der Waals surface area (Å²) in [7, 11) is 1.59. The fraction of sp³-hybridized carbons (Fsp3) is 0.259. The van der Waals surface area contributed by atoms with Gasteiger partial charge < -0.3 is 14.8 Å². The maximum absolute atomic E-state index is 14.6. The molecule has 6 nitrogen and oxygen atoms in total. The van der Waals surface area contributed by atoms with E-state index in [4.69, 9.17) is 9.47 Å². The second-order valence-corrected chi connectivity index (χ2v) is 8.88. The third-order valence-corrected chi connectivity index (χ3v) is 6.32. The fourth-order valence-electron chi connectivity index (χ4n) is 4.71. The molecule has 1 aliphatic heterocycles. The Kier molecular flexibility index (Phi) is 5.67. The van der Waals surface area contributed by atoms with Gasteiger partial charge >= 0.3 is 0 Å². The molecule has 0 saturated heterocycles. The van der Waals surface area contributed by atoms with Crippen LogP contribution in [-0.2, 0) is 0 Å². The summed E-state index contributed by atoms with van der Waals surface area (Å²) >= 11 is 0. The number of halogens is 2. The van der Waals surface area contributed by atoms with Gasteiger partial charge in [-0.2, -0.15) is 5.10 Å². The summed E-state index contributed by atoms with van der Waals surface area (Å²) in [6.07, 6.45) is 0. The lowest BCUT2D eigenvalue weighted by atomic mass is 9.99. The zero-order chi connectivity index (χ0) is 24.9. The van der Waals surface area contributed by atoms with Crippen LogP contribution in [0.15, 0.2) is 48.5 Å². The molecule has 8 heteroatoms. The summed E-state index contributed by atoms with van der Waals surface area (Å²) in [6.45, 7) is 5.92. The minimum atomic E-state index is -0.660. The molecule has 0 bridgehead atoms. The van der Waals surface area contributed by atoms with Gasteiger partial charge in [0.15, 0.2) is 0 Å². The molecular weight excluding hydrogens is 452 g/mol. The van der Waals surface area contributed by atoms with Gasteiger partial charge in [0.1, 0.15) is 29.7 Å². The lowest BCUT2D eigenvalue weighted by molar-refractivity contribution is 0.0928. The Morgan fingerprint density at radius 3 is 2.57 bits per heavy atom. The van der Waals surface area contributed by atoms with Gasteiger partial charge in [-0.25, -0.2) is 13.3 Å². The number of carbonyl (C=O) groups excluding carboxylic acids is 1. The summed E-state index contributed by atoms with van der Waals surface area (Å²) in [6, 6.07) is 12.3. The number of carbonyl (C=O) groups is 1. The first kappa shape index (κ1) is 22.8. The molecule has 35 heavy (non-hydrogen) atoms. The van der Waals surface area contributed by atoms with E-state index in [0.29, 0.717) is 46.1 Å². The van der Waals surface area contributed by atoms with Gasteiger partial charge in [-0.1, -0.05) is 19.9 Å². The van der Waals surface area contributed by atoms with Crippen molar-refractivity contribution in [2.24, 2.45) is 0 Å². The van der Waals surface area contributed by atoms with E-state index in [0.717, 1.165) is 5.56 Å². The third kappa shape index (κ3) is 3.79. The highest BCUT2D eigenvalue weighted by molar-refractivity contribution is 5.97. The van der Waals surface area contributed by atoms with E-state index in [1.54, 1.807) is 36.7 Å². The van der Waals surface area contributed by atoms with Crippen molar-refractivity contribution >= 4 is 11.4 Å². The van der Waals surface area contributed by atoms with Crippen LogP contribution in [-0.4, -0.2) is 29.2 Å². The second-order valence-electron chi connectivity index (χ2n) is 8.88. The number of hydrogen-bond donors (Lipinski definition) is 1. The van der Waals surface area contributed by atoms with Crippen LogP contribution >= 0.6 is 0 Å². The summed E-state index contributed by atoms with van der Waals surface area (Å²) < 4.78 is 41.9. The highest BCUT2D eigenvalue weighted by Gasteiger charge is 2.29. The summed E-state index contributed by atoms with van der Waals surface area (Å²) in [4.78, 5) is 13.4. The Labute approximate surface area is 201 Å². The van der Waals surface area contributed by atoms with Crippen molar-refractivity contribution in [1.82, 2.24) is 14.9 Å². The van der Waals surface area contributed by atoms with Crippen molar-refractivity contribution in [1.29, 1.82) is 0 Å². The molecule has 4 aromatic rings. The Balaban J connectivity index is 1.56. The van der Waals surface area contributed by atoms with Crippen LogP contribution in [0, 0.1) is 18.6 Å². The first-order valence-electron chi connectivity index (χ1n) is 11.4. The predicted molar refractivity (Wildman–Crippen MR) is 128 cm³/mol. The number of fused-ring (bicyclic) bond motifs is 2. The second kappa shape index (κ2) is 8.69. The monoisotopic (exact) mass is 477 g/mol. The van der Waals surface area contributed by atoms with E-state index >= 15 is 0 Å². The van der Waals surface area contributed by atoms with Crippen molar-refractivity contribution in [3.05, 3.63) is 82.7 Å². The van der Waals surface area contributed by atoms with Crippen LogP contribution in [0.2, 0.25) is 0 Å². The number of benzene rings is 2. The molecule has 2 aromatic heterocycles. The molecule has 1 unspecified atom stereocenters. The first-order valence-corrected chi connectivity index (χ1v) is 11.4. The first-order chi connectivity index (χ1) is 16.8. The molecule has 0 saturated carbocycles. The van der Waals surface area contributed by atoms with E-state index in [2.05, 4.69) is 10.4 Å². The molecule has 1 atom stereocenters. The minimum absolute atomic E-state index is 0.0894. The normalized spacial score (nSPS) is 14.8. The van der Waals surface area contributed by atoms with Crippen LogP contribution in [0.4, 0.5) is 8.78 Å². The highest BCUT2D eigenvalue weighted by atomic mass is 19.1. The van der Waals surface area contributed by atoms with Crippen molar-refractivity contribution in [3.63, 3.8) is 0 Å². The highest BCUT2D eigenvalue weighted by Crippen LogP contribution is 2.37. The maximum atomic E-state index is 14.6. The van der Waals surface area contributed by atoms with Crippen molar-refractivity contribution in [2.75, 3.05) is 13.7 Å². The average molecular weight is 478 g/mol. The Hall–Kier alpha value is -3.94. The number of nitrogens with one attached hydrogen (secondary N) is 1. The van der Waals surface area contributed by atoms with Gasteiger partial charge in [-0.05, 0) is 49.2 Å². The standard InChI is InChI=1S/C27H25F2N3O3/c1-14(2)26-18(27(33)30-21-13-35-23-12-16(34-4)8-9-17(21)23)10-11-22-24(15(3)31-32(22)26)25-19(28)6-5-7-20(25)29/h5-12,14,21H,13H2,1-4H3,(H,30,33). The molecule has 3 heterocycles. The zero-order valence-electron chi connectivity index (χ0n) is 19.9. The predicted octanol–water partition coefficient (Wildman–Crippen LogP) is 5.58. The molecule has 2 aromatic carbocycles. The lowest BCUT2D eigenvalue weighted by Gasteiger charge is -2.17. The Bertz CT molecular complexity index is 1440. The number of aromatic nitrogens is 2. The fourth-order valence-corrected chi connectivity index (χ4v) is 4.71. The molecule has 1 aliphatic rings. The van der Waals surface area contributed by atoms with Gasteiger partial charge in [-0.15, -0.1) is 0 Å². The maximum Gasteiger partial charge on any atom is 0.253 e. The Morgan fingerprint density at radius 1 is 1.14 bits per heavy atom. The van der Waals surface area contributed by atoms with Gasteiger partial charge in [-0.3, -0.25) is 4.79 Å². The van der Waals surface area contributed by atoms with E-state index in [-0.39, 0.29) is 23.4 Å². The molecule has 0 fully saturated rings. The number of amides is 1. The molecular formula is C27H25F2N3O3. The number of ether oxygens (including phenoxy) is 2. The van der Waals surface area contributed by atoms with Crippen LogP contribution in [0.25, 0.3) is 16.6 Å². The van der Waals surface area contributed by atoms with Gasteiger partial charge in [0, 0.05) is 17.2 Å². The molecule has 180 valence electrons. The molecule has 0 spiro atoms. The van der Waals surface area contributed by atoms with Crippen molar-refractivity contribution in [3.8, 4) is 22.6 Å². The molecule has 5 rings (SSSR count). The van der Waals surface area contributed by atoms with E-state index < -0.39 is 11.6 Å². The largest absolute Gasteiger partial charge is 0.497 e. The molecule has 0 radical (unpaired) electrons. The number of methoxy groups -OCH3 is 1. The van der Waals surface area contributed by atoms with E-state index in [1.165, 1.54) is 18.2 Å². The van der Waals surface area contributed by atoms with Gasteiger partial charge in [0.25, 0.3) is 5.91 Å². The van der Waals surface area contributed by atoms with Crippen LogP contribution in [0.5, 0.6) is 11.5 Å². The average Bonchev–Trinajstić information content (AvgIpc) is 3.37. The number of hydrogen-bond acceptors (Lipinski definition) is 4. The summed E-state index contributed by atoms with van der Waals surface area (Å²) in [5, 5.41) is 7.64. The van der Waals surface area contributed by atoms with E-state index in [9.17, 15) is 13.6 Å². The molecule has 0 aliphatic carbocycles. The van der Waals surface area contributed by atoms with Crippen LogP contribution < -0.4 is 14.8 Å². The number of pyridine rings is 1. The topological polar surface area (TPSA) is 64.9 Å². The van der Waals surface area contributed by atoms with Crippen LogP contribution in [0.3, 0.4) is 0 Å². The van der Waals surface area contributed by atoms with Crippen LogP contribution in [0.1, 0.15) is 53.1 Å². The molecule has 1 amide bonds. The van der Waals surface area contributed by atoms with Gasteiger partial charge in [0.05, 0.1) is 41.2 Å². The summed E-state index contributed by atoms with van der Waals surface area (Å²) in [5.41, 5.74) is 3.23. The smallest absolute Gasteiger partial charge is 0.253 e. The number of nitrogens with zero attached hydrogens (tertiary/aromatic N) is 2. The van der Waals surface area contributed by atoms with E-state index in [1.807, 2.05) is 26.0 Å². The zero-order valence-corrected chi connectivity index (χ0v) is 19.9. The van der Waals surface area contributed by atoms with Gasteiger partial charge in [0.2, 0.25) is 0 Å². The third-order valence-electron chi connectivity index (χ3n) is 6.32. The number of rotatable bonds is 5. The summed E-state index contributed by atoms with van der Waals surface area (Å²) in [5.74, 6) is -0.333. The Morgan fingerprint density at radius 2 is 1.89 bits per heavy atom. The SMILES string of the molecule is COc1ccc2c(c1)OCC2NC(=O)c1ccc2c(-c3c(F)cccc3F)c(C)nn2c1C(C)C. The lowest BCUT2D eigenvalue weighted by Crippen LogP contribution is -2.31. The minimum Gasteiger partial charge on any atom is -0.497 e. The quantitative estimate of drug-likeness (QED) is 0.407.